The molecule has 1 fully saturated rings. The van der Waals surface area contributed by atoms with Gasteiger partial charge in [0.1, 0.15) is 12.2 Å². The van der Waals surface area contributed by atoms with E-state index in [0.717, 1.165) is 38.3 Å². The molecule has 1 aliphatic heterocycles. The molecule has 4 heteroatoms. The van der Waals surface area contributed by atoms with Crippen LogP contribution in [0.15, 0.2) is 60.9 Å². The van der Waals surface area contributed by atoms with E-state index in [9.17, 15) is 0 Å². The van der Waals surface area contributed by atoms with Crippen LogP contribution in [0.2, 0.25) is 0 Å². The number of hydrogen-bond donors (Lipinski definition) is 1. The minimum Gasteiger partial charge on any atom is -0.299 e. The molecule has 4 nitrogen and oxygen atoms in total. The second-order valence-electron chi connectivity index (χ2n) is 6.48. The average Bonchev–Trinajstić information content (AvgIpc) is 3.18. The molecule has 0 radical (unpaired) electrons. The zero-order chi connectivity index (χ0) is 16.2. The highest BCUT2D eigenvalue weighted by Gasteiger charge is 2.22. The summed E-state index contributed by atoms with van der Waals surface area (Å²) in [4.78, 5) is 6.83. The lowest BCUT2D eigenvalue weighted by Gasteiger charge is -2.30. The van der Waals surface area contributed by atoms with Gasteiger partial charge in [-0.25, -0.2) is 4.98 Å². The molecule has 0 amide bonds. The largest absolute Gasteiger partial charge is 0.299 e. The Hall–Kier alpha value is -2.46. The molecule has 1 aromatic heterocycles. The summed E-state index contributed by atoms with van der Waals surface area (Å²) < 4.78 is 0. The van der Waals surface area contributed by atoms with Crippen molar-refractivity contribution in [3.63, 3.8) is 0 Å². The molecular weight excluding hydrogens is 296 g/mol. The van der Waals surface area contributed by atoms with Crippen molar-refractivity contribution in [1.82, 2.24) is 20.1 Å². The maximum absolute atomic E-state index is 4.30. The van der Waals surface area contributed by atoms with Crippen LogP contribution < -0.4 is 0 Å². The second-order valence-corrected chi connectivity index (χ2v) is 6.48. The summed E-state index contributed by atoms with van der Waals surface area (Å²) in [6.45, 7) is 3.26. The Labute approximate surface area is 142 Å². The summed E-state index contributed by atoms with van der Waals surface area (Å²) in [5.74, 6) is 1.58. The number of H-pyrrole nitrogens is 1. The van der Waals surface area contributed by atoms with Crippen LogP contribution in [0.3, 0.4) is 0 Å². The molecule has 2 heterocycles. The van der Waals surface area contributed by atoms with Gasteiger partial charge in [-0.1, -0.05) is 54.6 Å². The molecule has 4 rings (SSSR count). The molecule has 3 aromatic rings. The highest BCUT2D eigenvalue weighted by atomic mass is 15.2. The number of nitrogens with zero attached hydrogens (tertiary/aromatic N) is 3. The molecule has 2 aromatic carbocycles. The third-order valence-electron chi connectivity index (χ3n) is 4.88. The molecule has 122 valence electrons. The van der Waals surface area contributed by atoms with Gasteiger partial charge >= 0.3 is 0 Å². The minimum absolute atomic E-state index is 0.532. The van der Waals surface area contributed by atoms with Crippen molar-refractivity contribution in [2.45, 2.75) is 25.3 Å². The first kappa shape index (κ1) is 15.1. The van der Waals surface area contributed by atoms with Crippen molar-refractivity contribution < 1.29 is 0 Å². The van der Waals surface area contributed by atoms with Gasteiger partial charge in [-0.15, -0.1) is 0 Å². The number of aromatic nitrogens is 3. The quantitative estimate of drug-likeness (QED) is 0.794. The fourth-order valence-corrected chi connectivity index (χ4v) is 3.47. The van der Waals surface area contributed by atoms with Crippen LogP contribution in [0.1, 0.15) is 30.1 Å². The first-order chi connectivity index (χ1) is 11.9. The Morgan fingerprint density at radius 3 is 2.29 bits per heavy atom. The number of likely N-dealkylation sites (tertiary alicyclic amines) is 1. The third kappa shape index (κ3) is 3.39. The molecule has 1 aliphatic rings. The highest BCUT2D eigenvalue weighted by Crippen LogP contribution is 2.26. The van der Waals surface area contributed by atoms with Crippen molar-refractivity contribution in [1.29, 1.82) is 0 Å². The summed E-state index contributed by atoms with van der Waals surface area (Å²) in [6.07, 6.45) is 3.91. The fraction of sp³-hybridized carbons (Fsp3) is 0.300. The zero-order valence-corrected chi connectivity index (χ0v) is 13.7. The molecule has 0 saturated carbocycles. The minimum atomic E-state index is 0.532. The predicted molar refractivity (Wildman–Crippen MR) is 95.5 cm³/mol. The van der Waals surface area contributed by atoms with Gasteiger partial charge in [0, 0.05) is 12.5 Å². The number of benzene rings is 2. The van der Waals surface area contributed by atoms with Crippen molar-refractivity contribution in [3.8, 4) is 11.1 Å². The van der Waals surface area contributed by atoms with Gasteiger partial charge in [0.05, 0.1) is 0 Å². The molecule has 0 atom stereocenters. The normalized spacial score (nSPS) is 16.3. The summed E-state index contributed by atoms with van der Waals surface area (Å²) >= 11 is 0. The molecule has 0 spiro atoms. The van der Waals surface area contributed by atoms with Crippen molar-refractivity contribution in [2.75, 3.05) is 13.1 Å². The van der Waals surface area contributed by atoms with E-state index in [2.05, 4.69) is 74.7 Å². The van der Waals surface area contributed by atoms with Gasteiger partial charge < -0.3 is 0 Å². The maximum Gasteiger partial charge on any atom is 0.137 e. The number of piperidine rings is 1. The van der Waals surface area contributed by atoms with E-state index in [4.69, 9.17) is 0 Å². The predicted octanol–water partition coefficient (Wildman–Crippen LogP) is 3.85. The van der Waals surface area contributed by atoms with Gasteiger partial charge in [0.15, 0.2) is 0 Å². The van der Waals surface area contributed by atoms with Crippen LogP contribution in [0.4, 0.5) is 0 Å². The van der Waals surface area contributed by atoms with Gasteiger partial charge in [0.25, 0.3) is 0 Å². The van der Waals surface area contributed by atoms with Crippen LogP contribution in [0.25, 0.3) is 11.1 Å². The van der Waals surface area contributed by atoms with Crippen molar-refractivity contribution in [3.05, 3.63) is 72.3 Å². The molecule has 0 unspecified atom stereocenters. The van der Waals surface area contributed by atoms with Gasteiger partial charge in [-0.3, -0.25) is 10.00 Å². The summed E-state index contributed by atoms with van der Waals surface area (Å²) in [5.41, 5.74) is 3.94. The molecule has 24 heavy (non-hydrogen) atoms. The summed E-state index contributed by atoms with van der Waals surface area (Å²) in [5, 5.41) is 6.98. The van der Waals surface area contributed by atoms with Crippen LogP contribution in [-0.2, 0) is 6.54 Å². The third-order valence-corrected chi connectivity index (χ3v) is 4.88. The standard InChI is InChI=1S/C20H22N4/c1-2-4-17(5-3-1)18-8-6-16(7-9-18)14-24-12-10-19(11-13-24)20-21-15-22-23-20/h1-9,15,19H,10-14H2,(H,21,22,23). The van der Waals surface area contributed by atoms with E-state index in [1.165, 1.54) is 16.7 Å². The Morgan fingerprint density at radius 2 is 1.62 bits per heavy atom. The lowest BCUT2D eigenvalue weighted by Crippen LogP contribution is -2.32. The van der Waals surface area contributed by atoms with Gasteiger partial charge in [-0.2, -0.15) is 5.10 Å². The number of rotatable bonds is 4. The van der Waals surface area contributed by atoms with E-state index in [-0.39, 0.29) is 0 Å². The van der Waals surface area contributed by atoms with E-state index in [1.54, 1.807) is 6.33 Å². The summed E-state index contributed by atoms with van der Waals surface area (Å²) in [7, 11) is 0. The van der Waals surface area contributed by atoms with Crippen molar-refractivity contribution in [2.24, 2.45) is 0 Å². The maximum atomic E-state index is 4.30. The number of hydrogen-bond acceptors (Lipinski definition) is 3. The fourth-order valence-electron chi connectivity index (χ4n) is 3.47. The first-order valence-electron chi connectivity index (χ1n) is 8.60. The van der Waals surface area contributed by atoms with Gasteiger partial charge in [0.2, 0.25) is 0 Å². The summed E-state index contributed by atoms with van der Waals surface area (Å²) in [6, 6.07) is 19.5. The van der Waals surface area contributed by atoms with E-state index >= 15 is 0 Å². The van der Waals surface area contributed by atoms with Crippen LogP contribution in [0.5, 0.6) is 0 Å². The lowest BCUT2D eigenvalue weighted by atomic mass is 9.95. The SMILES string of the molecule is c1ccc(-c2ccc(CN3CCC(c4ncn[nH]4)CC3)cc2)cc1. The second kappa shape index (κ2) is 6.97. The lowest BCUT2D eigenvalue weighted by molar-refractivity contribution is 0.202. The Bertz CT molecular complexity index is 742. The Balaban J connectivity index is 1.35. The van der Waals surface area contributed by atoms with E-state index < -0.39 is 0 Å². The zero-order valence-electron chi connectivity index (χ0n) is 13.7. The highest BCUT2D eigenvalue weighted by molar-refractivity contribution is 5.63. The number of nitrogens with one attached hydrogen (secondary N) is 1. The molecule has 1 N–H and O–H groups in total. The topological polar surface area (TPSA) is 44.8 Å². The van der Waals surface area contributed by atoms with Crippen molar-refractivity contribution >= 4 is 0 Å². The first-order valence-corrected chi connectivity index (χ1v) is 8.60. The Kier molecular flexibility index (Phi) is 4.38. The molecule has 0 bridgehead atoms. The van der Waals surface area contributed by atoms with Crippen LogP contribution >= 0.6 is 0 Å². The van der Waals surface area contributed by atoms with Gasteiger partial charge in [-0.05, 0) is 42.6 Å². The average molecular weight is 318 g/mol. The monoisotopic (exact) mass is 318 g/mol. The van der Waals surface area contributed by atoms with E-state index in [0.29, 0.717) is 5.92 Å². The smallest absolute Gasteiger partial charge is 0.137 e. The Morgan fingerprint density at radius 1 is 0.917 bits per heavy atom. The molecular formula is C20H22N4. The molecule has 1 saturated heterocycles. The number of aromatic amines is 1. The molecule has 0 aliphatic carbocycles. The van der Waals surface area contributed by atoms with Crippen LogP contribution in [0, 0.1) is 0 Å². The van der Waals surface area contributed by atoms with E-state index in [1.807, 2.05) is 0 Å². The van der Waals surface area contributed by atoms with Crippen LogP contribution in [-0.4, -0.2) is 33.2 Å².